The molecule has 1 N–H and O–H groups in total. The maximum Gasteiger partial charge on any atom is 0.241 e. The van der Waals surface area contributed by atoms with Gasteiger partial charge in [0.15, 0.2) is 5.82 Å². The van der Waals surface area contributed by atoms with Crippen molar-refractivity contribution in [2.24, 2.45) is 7.05 Å². The Labute approximate surface area is 110 Å². The number of nitrogens with one attached hydrogen (secondary N) is 1. The van der Waals surface area contributed by atoms with E-state index in [0.717, 1.165) is 0 Å². The quantitative estimate of drug-likeness (QED) is 0.858. The molecule has 0 saturated heterocycles. The van der Waals surface area contributed by atoms with Crippen molar-refractivity contribution in [3.8, 4) is 6.07 Å². The number of nitrogens with zero attached hydrogens (tertiary/aromatic N) is 4. The van der Waals surface area contributed by atoms with Crippen LogP contribution in [-0.2, 0) is 23.6 Å². The highest BCUT2D eigenvalue weighted by Gasteiger charge is 2.15. The zero-order valence-corrected chi connectivity index (χ0v) is 10.9. The number of benzene rings is 1. The molecule has 2 aromatic rings. The van der Waals surface area contributed by atoms with E-state index in [1.807, 2.05) is 6.07 Å². The van der Waals surface area contributed by atoms with Crippen LogP contribution in [0.5, 0.6) is 0 Å². The summed E-state index contributed by atoms with van der Waals surface area (Å²) in [4.78, 5) is 3.96. The van der Waals surface area contributed by atoms with Crippen LogP contribution in [0.1, 0.15) is 11.4 Å². The minimum absolute atomic E-state index is 0.0000451. The summed E-state index contributed by atoms with van der Waals surface area (Å²) < 4.78 is 27.9. The van der Waals surface area contributed by atoms with E-state index in [2.05, 4.69) is 14.8 Å². The normalized spacial score (nSPS) is 11.2. The molecule has 2 rings (SSSR count). The number of aryl methyl sites for hydroxylation is 1. The van der Waals surface area contributed by atoms with Gasteiger partial charge in [0.2, 0.25) is 10.0 Å². The van der Waals surface area contributed by atoms with Crippen molar-refractivity contribution in [2.45, 2.75) is 11.4 Å². The van der Waals surface area contributed by atoms with Crippen LogP contribution in [0, 0.1) is 11.3 Å². The lowest BCUT2D eigenvalue weighted by Gasteiger charge is -2.04. The van der Waals surface area contributed by atoms with Crippen LogP contribution >= 0.6 is 0 Å². The molecule has 1 aromatic carbocycles. The maximum absolute atomic E-state index is 12.0. The molecule has 98 valence electrons. The van der Waals surface area contributed by atoms with Crippen molar-refractivity contribution in [1.82, 2.24) is 19.5 Å². The van der Waals surface area contributed by atoms with Gasteiger partial charge in [0.25, 0.3) is 0 Å². The Morgan fingerprint density at radius 1 is 1.47 bits per heavy atom. The molecule has 0 fully saturated rings. The Kier molecular flexibility index (Phi) is 3.59. The zero-order valence-electron chi connectivity index (χ0n) is 10.1. The van der Waals surface area contributed by atoms with E-state index >= 15 is 0 Å². The molecule has 0 aliphatic rings. The second kappa shape index (κ2) is 5.17. The van der Waals surface area contributed by atoms with Gasteiger partial charge in [-0.2, -0.15) is 10.4 Å². The average Bonchev–Trinajstić information content (AvgIpc) is 2.82. The van der Waals surface area contributed by atoms with E-state index in [4.69, 9.17) is 5.26 Å². The Bertz CT molecular complexity index is 730. The van der Waals surface area contributed by atoms with Crippen molar-refractivity contribution in [1.29, 1.82) is 5.26 Å². The first-order chi connectivity index (χ1) is 9.01. The molecular formula is C11H11N5O2S. The SMILES string of the molecule is Cn1cnc(CNS(=O)(=O)c2cccc(C#N)c2)n1. The van der Waals surface area contributed by atoms with Gasteiger partial charge in [-0.3, -0.25) is 4.68 Å². The fraction of sp³-hybridized carbons (Fsp3) is 0.182. The van der Waals surface area contributed by atoms with Crippen LogP contribution in [0.3, 0.4) is 0 Å². The van der Waals surface area contributed by atoms with E-state index in [-0.39, 0.29) is 11.4 Å². The first-order valence-corrected chi connectivity index (χ1v) is 6.84. The van der Waals surface area contributed by atoms with Gasteiger partial charge in [-0.25, -0.2) is 18.1 Å². The van der Waals surface area contributed by atoms with Crippen LogP contribution in [0.15, 0.2) is 35.5 Å². The summed E-state index contributed by atoms with van der Waals surface area (Å²) in [7, 11) is -1.98. The van der Waals surface area contributed by atoms with Crippen molar-refractivity contribution in [3.05, 3.63) is 42.0 Å². The molecule has 0 radical (unpaired) electrons. The predicted octanol–water partition coefficient (Wildman–Crippen LogP) is 0.165. The number of hydrogen-bond donors (Lipinski definition) is 1. The Morgan fingerprint density at radius 2 is 2.26 bits per heavy atom. The summed E-state index contributed by atoms with van der Waals surface area (Å²) in [5.74, 6) is 0.377. The number of aromatic nitrogens is 3. The van der Waals surface area contributed by atoms with E-state index in [1.165, 1.54) is 29.2 Å². The van der Waals surface area contributed by atoms with Crippen LogP contribution in [0.25, 0.3) is 0 Å². The lowest BCUT2D eigenvalue weighted by Crippen LogP contribution is -2.24. The molecule has 1 aromatic heterocycles. The molecule has 0 spiro atoms. The summed E-state index contributed by atoms with van der Waals surface area (Å²) in [6.07, 6.45) is 1.49. The summed E-state index contributed by atoms with van der Waals surface area (Å²) in [5, 5.41) is 12.7. The van der Waals surface area contributed by atoms with Gasteiger partial charge in [0.05, 0.1) is 23.1 Å². The predicted molar refractivity (Wildman–Crippen MR) is 66.2 cm³/mol. The second-order valence-corrected chi connectivity index (χ2v) is 5.57. The first-order valence-electron chi connectivity index (χ1n) is 5.35. The van der Waals surface area contributed by atoms with Crippen LogP contribution < -0.4 is 4.72 Å². The molecule has 0 atom stereocenters. The smallest absolute Gasteiger partial charge is 0.241 e. The summed E-state index contributed by atoms with van der Waals surface area (Å²) >= 11 is 0. The minimum atomic E-state index is -3.67. The molecular weight excluding hydrogens is 266 g/mol. The topological polar surface area (TPSA) is 101 Å². The average molecular weight is 277 g/mol. The standard InChI is InChI=1S/C11H11N5O2S/c1-16-8-13-11(15-16)7-14-19(17,18)10-4-2-3-9(5-10)6-12/h2-5,8,14H,7H2,1H3. The monoisotopic (exact) mass is 277 g/mol. The highest BCUT2D eigenvalue weighted by Crippen LogP contribution is 2.11. The molecule has 0 aliphatic heterocycles. The van der Waals surface area contributed by atoms with Gasteiger partial charge in [-0.05, 0) is 18.2 Å². The maximum atomic E-state index is 12.0. The first kappa shape index (κ1) is 13.2. The van der Waals surface area contributed by atoms with Crippen molar-refractivity contribution in [3.63, 3.8) is 0 Å². The minimum Gasteiger partial charge on any atom is -0.256 e. The van der Waals surface area contributed by atoms with Gasteiger partial charge >= 0.3 is 0 Å². The fourth-order valence-corrected chi connectivity index (χ4v) is 2.47. The summed E-state index contributed by atoms with van der Waals surface area (Å²) in [6, 6.07) is 7.70. The van der Waals surface area contributed by atoms with Gasteiger partial charge in [0, 0.05) is 7.05 Å². The van der Waals surface area contributed by atoms with Gasteiger partial charge in [-0.15, -0.1) is 0 Å². The van der Waals surface area contributed by atoms with Crippen molar-refractivity contribution >= 4 is 10.0 Å². The van der Waals surface area contributed by atoms with E-state index in [1.54, 1.807) is 13.1 Å². The Balaban J connectivity index is 2.16. The molecule has 0 amide bonds. The lowest BCUT2D eigenvalue weighted by molar-refractivity contribution is 0.578. The third kappa shape index (κ3) is 3.15. The molecule has 19 heavy (non-hydrogen) atoms. The Hall–Kier alpha value is -2.24. The third-order valence-corrected chi connectivity index (χ3v) is 3.74. The second-order valence-electron chi connectivity index (χ2n) is 3.80. The molecule has 0 aliphatic carbocycles. The zero-order chi connectivity index (χ0) is 13.9. The molecule has 7 nitrogen and oxygen atoms in total. The van der Waals surface area contributed by atoms with Crippen LogP contribution in [-0.4, -0.2) is 23.2 Å². The Morgan fingerprint density at radius 3 is 2.89 bits per heavy atom. The third-order valence-electron chi connectivity index (χ3n) is 2.34. The number of nitriles is 1. The van der Waals surface area contributed by atoms with E-state index in [0.29, 0.717) is 11.4 Å². The van der Waals surface area contributed by atoms with Crippen molar-refractivity contribution < 1.29 is 8.42 Å². The number of hydrogen-bond acceptors (Lipinski definition) is 5. The molecule has 8 heteroatoms. The molecule has 1 heterocycles. The summed E-state index contributed by atoms with van der Waals surface area (Å²) in [5.41, 5.74) is 0.291. The number of rotatable bonds is 4. The molecule has 0 unspecified atom stereocenters. The van der Waals surface area contributed by atoms with Crippen LogP contribution in [0.2, 0.25) is 0 Å². The van der Waals surface area contributed by atoms with E-state index < -0.39 is 10.0 Å². The highest BCUT2D eigenvalue weighted by atomic mass is 32.2. The van der Waals surface area contributed by atoms with Crippen LogP contribution in [0.4, 0.5) is 0 Å². The lowest BCUT2D eigenvalue weighted by atomic mass is 10.2. The molecule has 0 bridgehead atoms. The van der Waals surface area contributed by atoms with Gasteiger partial charge in [0.1, 0.15) is 6.33 Å². The van der Waals surface area contributed by atoms with Gasteiger partial charge < -0.3 is 0 Å². The van der Waals surface area contributed by atoms with Gasteiger partial charge in [-0.1, -0.05) is 6.07 Å². The fourth-order valence-electron chi connectivity index (χ4n) is 1.44. The molecule has 0 saturated carbocycles. The highest BCUT2D eigenvalue weighted by molar-refractivity contribution is 7.89. The summed E-state index contributed by atoms with van der Waals surface area (Å²) in [6.45, 7) is -0.0000451. The van der Waals surface area contributed by atoms with Crippen molar-refractivity contribution in [2.75, 3.05) is 0 Å². The largest absolute Gasteiger partial charge is 0.256 e. The van der Waals surface area contributed by atoms with E-state index in [9.17, 15) is 8.42 Å². The number of sulfonamides is 1.